The summed E-state index contributed by atoms with van der Waals surface area (Å²) >= 11 is 0. The first-order valence-corrected chi connectivity index (χ1v) is 8.72. The molecule has 0 aromatic carbocycles. The zero-order chi connectivity index (χ0) is 16.5. The van der Waals surface area contributed by atoms with Crippen LogP contribution in [0.1, 0.15) is 78.1 Å². The van der Waals surface area contributed by atoms with Crippen LogP contribution in [0, 0.1) is 0 Å². The van der Waals surface area contributed by atoms with Crippen LogP contribution in [0.25, 0.3) is 0 Å². The molecule has 0 fully saturated rings. The summed E-state index contributed by atoms with van der Waals surface area (Å²) in [5, 5.41) is 0. The lowest BCUT2D eigenvalue weighted by Gasteiger charge is -2.01. The SMILES string of the molecule is CCCCC(=O)C=CC=CCCCCCCCC(=O)OCC. The van der Waals surface area contributed by atoms with E-state index in [1.165, 1.54) is 12.8 Å². The summed E-state index contributed by atoms with van der Waals surface area (Å²) in [6, 6.07) is 0. The highest BCUT2D eigenvalue weighted by atomic mass is 16.5. The Morgan fingerprint density at radius 2 is 1.59 bits per heavy atom. The number of carbonyl (C=O) groups excluding carboxylic acids is 2. The lowest BCUT2D eigenvalue weighted by atomic mass is 10.1. The fourth-order valence-corrected chi connectivity index (χ4v) is 2.07. The minimum absolute atomic E-state index is 0.0781. The summed E-state index contributed by atoms with van der Waals surface area (Å²) in [5.74, 6) is 0.138. The Labute approximate surface area is 135 Å². The second kappa shape index (κ2) is 16.0. The summed E-state index contributed by atoms with van der Waals surface area (Å²) in [7, 11) is 0. The normalized spacial score (nSPS) is 11.4. The molecule has 0 unspecified atom stereocenters. The predicted molar refractivity (Wildman–Crippen MR) is 91.8 cm³/mol. The molecular formula is C19H32O3. The van der Waals surface area contributed by atoms with Crippen LogP contribution in [-0.2, 0) is 14.3 Å². The second-order valence-corrected chi connectivity index (χ2v) is 5.47. The van der Waals surface area contributed by atoms with Crippen LogP contribution in [0.4, 0.5) is 0 Å². The van der Waals surface area contributed by atoms with Crippen molar-refractivity contribution in [2.75, 3.05) is 6.61 Å². The van der Waals surface area contributed by atoms with E-state index >= 15 is 0 Å². The smallest absolute Gasteiger partial charge is 0.305 e. The fourth-order valence-electron chi connectivity index (χ4n) is 2.07. The van der Waals surface area contributed by atoms with Gasteiger partial charge in [-0.25, -0.2) is 0 Å². The van der Waals surface area contributed by atoms with Crippen molar-refractivity contribution < 1.29 is 14.3 Å². The average molecular weight is 308 g/mol. The highest BCUT2D eigenvalue weighted by Crippen LogP contribution is 2.08. The zero-order valence-electron chi connectivity index (χ0n) is 14.3. The maximum atomic E-state index is 11.4. The van der Waals surface area contributed by atoms with Crippen LogP contribution in [0.5, 0.6) is 0 Å². The van der Waals surface area contributed by atoms with E-state index in [9.17, 15) is 9.59 Å². The van der Waals surface area contributed by atoms with Gasteiger partial charge in [-0.15, -0.1) is 0 Å². The van der Waals surface area contributed by atoms with Crippen molar-refractivity contribution in [1.29, 1.82) is 0 Å². The van der Waals surface area contributed by atoms with Crippen molar-refractivity contribution in [3.8, 4) is 0 Å². The van der Waals surface area contributed by atoms with Gasteiger partial charge in [0.2, 0.25) is 0 Å². The molecule has 0 N–H and O–H groups in total. The van der Waals surface area contributed by atoms with Gasteiger partial charge in [-0.1, -0.05) is 50.8 Å². The van der Waals surface area contributed by atoms with E-state index in [2.05, 4.69) is 13.0 Å². The van der Waals surface area contributed by atoms with Crippen molar-refractivity contribution >= 4 is 11.8 Å². The van der Waals surface area contributed by atoms with Crippen molar-refractivity contribution in [3.05, 3.63) is 24.3 Å². The summed E-state index contributed by atoms with van der Waals surface area (Å²) in [4.78, 5) is 22.5. The molecule has 0 saturated heterocycles. The molecule has 0 bridgehead atoms. The van der Waals surface area contributed by atoms with E-state index in [0.29, 0.717) is 19.4 Å². The number of carbonyl (C=O) groups is 2. The molecule has 126 valence electrons. The Bertz CT molecular complexity index is 343. The molecule has 0 radical (unpaired) electrons. The van der Waals surface area contributed by atoms with Crippen molar-refractivity contribution in [3.63, 3.8) is 0 Å². The monoisotopic (exact) mass is 308 g/mol. The van der Waals surface area contributed by atoms with Gasteiger partial charge in [-0.05, 0) is 38.7 Å². The number of ether oxygens (including phenoxy) is 1. The topological polar surface area (TPSA) is 43.4 Å². The number of rotatable bonds is 14. The summed E-state index contributed by atoms with van der Waals surface area (Å²) in [6.07, 6.45) is 17.4. The van der Waals surface area contributed by atoms with Crippen LogP contribution in [-0.4, -0.2) is 18.4 Å². The lowest BCUT2D eigenvalue weighted by molar-refractivity contribution is -0.143. The minimum atomic E-state index is -0.0781. The van der Waals surface area contributed by atoms with Gasteiger partial charge < -0.3 is 4.74 Å². The quantitative estimate of drug-likeness (QED) is 0.193. The molecule has 0 heterocycles. The van der Waals surface area contributed by atoms with E-state index in [4.69, 9.17) is 4.74 Å². The average Bonchev–Trinajstić information content (AvgIpc) is 2.50. The molecule has 0 spiro atoms. The molecule has 0 aliphatic heterocycles. The standard InChI is InChI=1S/C19H32O3/c1-3-5-15-18(20)16-13-11-9-7-6-8-10-12-14-17-19(21)22-4-2/h9,11,13,16H,3-8,10,12,14-15,17H2,1-2H3. The van der Waals surface area contributed by atoms with E-state index in [1.807, 2.05) is 19.1 Å². The van der Waals surface area contributed by atoms with Crippen molar-refractivity contribution in [1.82, 2.24) is 0 Å². The van der Waals surface area contributed by atoms with Gasteiger partial charge in [0.1, 0.15) is 0 Å². The zero-order valence-corrected chi connectivity index (χ0v) is 14.3. The first-order chi connectivity index (χ1) is 10.7. The van der Waals surface area contributed by atoms with Gasteiger partial charge in [-0.2, -0.15) is 0 Å². The number of unbranched alkanes of at least 4 members (excludes halogenated alkanes) is 6. The summed E-state index contributed by atoms with van der Waals surface area (Å²) in [5.41, 5.74) is 0. The van der Waals surface area contributed by atoms with E-state index < -0.39 is 0 Å². The third-order valence-electron chi connectivity index (χ3n) is 3.36. The van der Waals surface area contributed by atoms with Gasteiger partial charge in [0.05, 0.1) is 6.61 Å². The summed E-state index contributed by atoms with van der Waals surface area (Å²) in [6.45, 7) is 4.40. The molecule has 0 rings (SSSR count). The van der Waals surface area contributed by atoms with Gasteiger partial charge in [0.15, 0.2) is 5.78 Å². The number of ketones is 1. The molecule has 3 nitrogen and oxygen atoms in total. The van der Waals surface area contributed by atoms with Crippen molar-refractivity contribution in [2.24, 2.45) is 0 Å². The minimum Gasteiger partial charge on any atom is -0.466 e. The Morgan fingerprint density at radius 3 is 2.32 bits per heavy atom. The second-order valence-electron chi connectivity index (χ2n) is 5.47. The van der Waals surface area contributed by atoms with Crippen LogP contribution in [0.3, 0.4) is 0 Å². The fraction of sp³-hybridized carbons (Fsp3) is 0.684. The van der Waals surface area contributed by atoms with Gasteiger partial charge in [0, 0.05) is 12.8 Å². The largest absolute Gasteiger partial charge is 0.466 e. The molecule has 0 aromatic rings. The van der Waals surface area contributed by atoms with E-state index in [-0.39, 0.29) is 11.8 Å². The van der Waals surface area contributed by atoms with Gasteiger partial charge in [-0.3, -0.25) is 9.59 Å². The number of hydrogen-bond donors (Lipinski definition) is 0. The Morgan fingerprint density at radius 1 is 0.864 bits per heavy atom. The third kappa shape index (κ3) is 15.0. The van der Waals surface area contributed by atoms with Crippen LogP contribution < -0.4 is 0 Å². The molecule has 22 heavy (non-hydrogen) atoms. The number of esters is 1. The molecular weight excluding hydrogens is 276 g/mol. The van der Waals surface area contributed by atoms with Crippen LogP contribution in [0.2, 0.25) is 0 Å². The molecule has 3 heteroatoms. The number of hydrogen-bond acceptors (Lipinski definition) is 3. The maximum Gasteiger partial charge on any atom is 0.305 e. The molecule has 0 atom stereocenters. The lowest BCUT2D eigenvalue weighted by Crippen LogP contribution is -2.03. The highest BCUT2D eigenvalue weighted by Gasteiger charge is 2.00. The first kappa shape index (κ1) is 20.6. The van der Waals surface area contributed by atoms with Gasteiger partial charge >= 0.3 is 5.97 Å². The third-order valence-corrected chi connectivity index (χ3v) is 3.36. The molecule has 0 aliphatic carbocycles. The number of allylic oxidation sites excluding steroid dienone is 4. The Hall–Kier alpha value is -1.38. The van der Waals surface area contributed by atoms with Crippen molar-refractivity contribution in [2.45, 2.75) is 78.1 Å². The Kier molecular flexibility index (Phi) is 15.0. The van der Waals surface area contributed by atoms with E-state index in [0.717, 1.165) is 38.5 Å². The van der Waals surface area contributed by atoms with Crippen LogP contribution in [0.15, 0.2) is 24.3 Å². The Balaban J connectivity index is 3.38. The molecule has 0 amide bonds. The maximum absolute atomic E-state index is 11.4. The summed E-state index contributed by atoms with van der Waals surface area (Å²) < 4.78 is 4.88. The van der Waals surface area contributed by atoms with Gasteiger partial charge in [0.25, 0.3) is 0 Å². The molecule has 0 aliphatic rings. The first-order valence-electron chi connectivity index (χ1n) is 8.72. The van der Waals surface area contributed by atoms with Crippen LogP contribution >= 0.6 is 0 Å². The molecule has 0 aromatic heterocycles. The van der Waals surface area contributed by atoms with E-state index in [1.54, 1.807) is 6.08 Å². The predicted octanol–water partition coefficient (Wildman–Crippen LogP) is 5.15. The highest BCUT2D eigenvalue weighted by molar-refractivity contribution is 5.89. The molecule has 0 saturated carbocycles.